The second kappa shape index (κ2) is 9.58. The zero-order valence-electron chi connectivity index (χ0n) is 17.3. The number of amides is 2. The Balaban J connectivity index is 1.39. The molecule has 2 fully saturated rings. The molecule has 2 amide bonds. The number of hydrogen-bond donors (Lipinski definition) is 1. The fraction of sp³-hybridized carbons (Fsp3) is 0.391. The number of benzene rings is 1. The van der Waals surface area contributed by atoms with Gasteiger partial charge in [0.2, 0.25) is 0 Å². The van der Waals surface area contributed by atoms with Crippen molar-refractivity contribution in [2.75, 3.05) is 44.2 Å². The average Bonchev–Trinajstić information content (AvgIpc) is 3.36. The molecule has 1 atom stereocenters. The minimum atomic E-state index is -0.162. The Hall–Kier alpha value is -3.44. The summed E-state index contributed by atoms with van der Waals surface area (Å²) in [6, 6.07) is 12.3. The molecule has 2 aliphatic heterocycles. The van der Waals surface area contributed by atoms with Crippen molar-refractivity contribution in [3.05, 3.63) is 59.3 Å². The van der Waals surface area contributed by atoms with Crippen LogP contribution in [0.1, 0.15) is 39.1 Å². The third-order valence-corrected chi connectivity index (χ3v) is 5.65. The third-order valence-electron chi connectivity index (χ3n) is 5.65. The lowest BCUT2D eigenvalue weighted by molar-refractivity contribution is 0.0745. The van der Waals surface area contributed by atoms with E-state index in [0.29, 0.717) is 55.2 Å². The van der Waals surface area contributed by atoms with E-state index in [1.54, 1.807) is 47.5 Å². The minimum Gasteiger partial charge on any atom is -0.376 e. The molecule has 0 saturated carbocycles. The van der Waals surface area contributed by atoms with Gasteiger partial charge in [-0.2, -0.15) is 5.26 Å². The highest BCUT2D eigenvalue weighted by molar-refractivity contribution is 5.99. The van der Waals surface area contributed by atoms with Crippen molar-refractivity contribution in [1.82, 2.24) is 15.2 Å². The van der Waals surface area contributed by atoms with E-state index in [1.807, 2.05) is 4.90 Å². The molecule has 31 heavy (non-hydrogen) atoms. The molecule has 2 saturated heterocycles. The highest BCUT2D eigenvalue weighted by atomic mass is 16.5. The van der Waals surface area contributed by atoms with Crippen molar-refractivity contribution < 1.29 is 14.3 Å². The highest BCUT2D eigenvalue weighted by Crippen LogP contribution is 2.20. The van der Waals surface area contributed by atoms with E-state index in [1.165, 1.54) is 0 Å². The van der Waals surface area contributed by atoms with Gasteiger partial charge < -0.3 is 19.9 Å². The number of hydrogen-bond acceptors (Lipinski definition) is 6. The number of nitrogens with zero attached hydrogens (tertiary/aromatic N) is 4. The van der Waals surface area contributed by atoms with Crippen molar-refractivity contribution in [2.45, 2.75) is 18.9 Å². The molecule has 0 radical (unpaired) electrons. The van der Waals surface area contributed by atoms with E-state index in [4.69, 9.17) is 10.00 Å². The normalized spacial score (nSPS) is 18.5. The number of anilines is 1. The molecule has 0 spiro atoms. The number of aromatic nitrogens is 1. The van der Waals surface area contributed by atoms with Crippen molar-refractivity contribution in [3.63, 3.8) is 0 Å². The molecule has 8 nitrogen and oxygen atoms in total. The number of piperazine rings is 1. The summed E-state index contributed by atoms with van der Waals surface area (Å²) in [4.78, 5) is 33.8. The summed E-state index contributed by atoms with van der Waals surface area (Å²) in [6.45, 7) is 3.44. The Morgan fingerprint density at radius 1 is 1.19 bits per heavy atom. The first-order chi connectivity index (χ1) is 15.2. The third kappa shape index (κ3) is 4.84. The number of nitrogens with one attached hydrogen (secondary N) is 1. The first-order valence-corrected chi connectivity index (χ1v) is 10.5. The quantitative estimate of drug-likeness (QED) is 0.794. The molecule has 1 N–H and O–H groups in total. The van der Waals surface area contributed by atoms with Crippen LogP contribution in [0.15, 0.2) is 42.6 Å². The summed E-state index contributed by atoms with van der Waals surface area (Å²) in [7, 11) is 0. The molecule has 2 aromatic rings. The summed E-state index contributed by atoms with van der Waals surface area (Å²) in [6.07, 6.45) is 3.76. The fourth-order valence-electron chi connectivity index (χ4n) is 3.96. The monoisotopic (exact) mass is 419 g/mol. The predicted octanol–water partition coefficient (Wildman–Crippen LogP) is 1.82. The summed E-state index contributed by atoms with van der Waals surface area (Å²) >= 11 is 0. The van der Waals surface area contributed by atoms with Crippen LogP contribution in [-0.4, -0.2) is 67.1 Å². The van der Waals surface area contributed by atoms with Gasteiger partial charge in [0.25, 0.3) is 11.8 Å². The van der Waals surface area contributed by atoms with Crippen molar-refractivity contribution in [3.8, 4) is 6.07 Å². The smallest absolute Gasteiger partial charge is 0.255 e. The van der Waals surface area contributed by atoms with Crippen LogP contribution in [0.3, 0.4) is 0 Å². The number of nitriles is 1. The Bertz CT molecular complexity index is 989. The summed E-state index contributed by atoms with van der Waals surface area (Å²) < 4.78 is 5.57. The Labute approximate surface area is 181 Å². The molecule has 1 unspecified atom stereocenters. The summed E-state index contributed by atoms with van der Waals surface area (Å²) in [5.74, 6) is 0.378. The van der Waals surface area contributed by atoms with Crippen LogP contribution in [0.5, 0.6) is 0 Å². The molecule has 8 heteroatoms. The topological polar surface area (TPSA) is 98.6 Å². The molecule has 0 bridgehead atoms. The van der Waals surface area contributed by atoms with Crippen LogP contribution in [0.25, 0.3) is 0 Å². The molecule has 2 aliphatic rings. The van der Waals surface area contributed by atoms with Crippen LogP contribution < -0.4 is 10.2 Å². The van der Waals surface area contributed by atoms with Gasteiger partial charge in [-0.1, -0.05) is 6.07 Å². The Morgan fingerprint density at radius 3 is 2.77 bits per heavy atom. The predicted molar refractivity (Wildman–Crippen MR) is 115 cm³/mol. The van der Waals surface area contributed by atoms with E-state index in [-0.39, 0.29) is 17.9 Å². The van der Waals surface area contributed by atoms with Crippen molar-refractivity contribution in [2.24, 2.45) is 0 Å². The summed E-state index contributed by atoms with van der Waals surface area (Å²) in [5, 5.41) is 12.0. The largest absolute Gasteiger partial charge is 0.376 e. The van der Waals surface area contributed by atoms with E-state index < -0.39 is 0 Å². The summed E-state index contributed by atoms with van der Waals surface area (Å²) in [5.41, 5.74) is 1.51. The van der Waals surface area contributed by atoms with E-state index >= 15 is 0 Å². The zero-order chi connectivity index (χ0) is 21.6. The molecule has 0 aliphatic carbocycles. The van der Waals surface area contributed by atoms with Gasteiger partial charge in [-0.15, -0.1) is 0 Å². The lowest BCUT2D eigenvalue weighted by Gasteiger charge is -2.36. The second-order valence-corrected chi connectivity index (χ2v) is 7.69. The minimum absolute atomic E-state index is 0.0816. The molecule has 4 rings (SSSR count). The van der Waals surface area contributed by atoms with Gasteiger partial charge in [-0.05, 0) is 43.2 Å². The zero-order valence-corrected chi connectivity index (χ0v) is 17.3. The number of carbonyl (C=O) groups excluding carboxylic acids is 2. The molecule has 160 valence electrons. The van der Waals surface area contributed by atoms with E-state index in [9.17, 15) is 9.59 Å². The lowest BCUT2D eigenvalue weighted by Crippen LogP contribution is -2.49. The van der Waals surface area contributed by atoms with E-state index in [0.717, 1.165) is 19.4 Å². The van der Waals surface area contributed by atoms with Crippen LogP contribution in [0.2, 0.25) is 0 Å². The van der Waals surface area contributed by atoms with Crippen LogP contribution in [-0.2, 0) is 4.74 Å². The van der Waals surface area contributed by atoms with Gasteiger partial charge in [0.05, 0.1) is 23.3 Å². The maximum Gasteiger partial charge on any atom is 0.255 e. The lowest BCUT2D eigenvalue weighted by atomic mass is 10.1. The van der Waals surface area contributed by atoms with Gasteiger partial charge in [-0.3, -0.25) is 9.59 Å². The van der Waals surface area contributed by atoms with Gasteiger partial charge >= 0.3 is 0 Å². The van der Waals surface area contributed by atoms with Crippen LogP contribution >= 0.6 is 0 Å². The van der Waals surface area contributed by atoms with Crippen LogP contribution in [0, 0.1) is 11.3 Å². The maximum atomic E-state index is 12.8. The standard InChI is InChI=1S/C23H25N5O3/c24-15-17-4-1-5-18(14-17)23(30)28-11-9-27(10-12-28)21-20(7-2-8-25-21)22(29)26-16-19-6-3-13-31-19/h1-2,4-5,7-8,14,19H,3,6,9-13,16H2,(H,26,29). The first kappa shape index (κ1) is 20.8. The Morgan fingerprint density at radius 2 is 2.03 bits per heavy atom. The molecular formula is C23H25N5O3. The van der Waals surface area contributed by atoms with Crippen molar-refractivity contribution >= 4 is 17.6 Å². The molecule has 1 aromatic carbocycles. The molecular weight excluding hydrogens is 394 g/mol. The van der Waals surface area contributed by atoms with E-state index in [2.05, 4.69) is 16.4 Å². The van der Waals surface area contributed by atoms with Crippen molar-refractivity contribution in [1.29, 1.82) is 5.26 Å². The SMILES string of the molecule is N#Cc1cccc(C(=O)N2CCN(c3ncccc3C(=O)NCC3CCCO3)CC2)c1. The second-order valence-electron chi connectivity index (χ2n) is 7.69. The van der Waals surface area contributed by atoms with Gasteiger partial charge in [0.15, 0.2) is 0 Å². The van der Waals surface area contributed by atoms with Gasteiger partial charge in [-0.25, -0.2) is 4.98 Å². The highest BCUT2D eigenvalue weighted by Gasteiger charge is 2.26. The van der Waals surface area contributed by atoms with Gasteiger partial charge in [0, 0.05) is 51.1 Å². The number of rotatable bonds is 5. The average molecular weight is 419 g/mol. The Kier molecular flexibility index (Phi) is 6.43. The number of carbonyl (C=O) groups is 2. The first-order valence-electron chi connectivity index (χ1n) is 10.5. The van der Waals surface area contributed by atoms with Gasteiger partial charge in [0.1, 0.15) is 5.82 Å². The number of ether oxygens (including phenoxy) is 1. The fourth-order valence-corrected chi connectivity index (χ4v) is 3.96. The maximum absolute atomic E-state index is 12.8. The molecule has 3 heterocycles. The number of pyridine rings is 1. The van der Waals surface area contributed by atoms with Crippen LogP contribution in [0.4, 0.5) is 5.82 Å². The molecule has 1 aromatic heterocycles.